The van der Waals surface area contributed by atoms with Crippen LogP contribution in [-0.2, 0) is 17.6 Å². The molecule has 0 aliphatic carbocycles. The van der Waals surface area contributed by atoms with Gasteiger partial charge in [0.25, 0.3) is 0 Å². The van der Waals surface area contributed by atoms with Crippen molar-refractivity contribution in [1.82, 2.24) is 0 Å². The Bertz CT molecular complexity index is 1190. The maximum atomic E-state index is 12.9. The van der Waals surface area contributed by atoms with Crippen molar-refractivity contribution >= 4 is 38.8 Å². The fourth-order valence-electron chi connectivity index (χ4n) is 3.49. The fraction of sp³-hybridized carbons (Fsp3) is 0.222. The first-order valence-corrected chi connectivity index (χ1v) is 11.4. The van der Waals surface area contributed by atoms with Gasteiger partial charge in [0, 0.05) is 10.4 Å². The van der Waals surface area contributed by atoms with Crippen LogP contribution in [0.4, 0.5) is 11.4 Å². The van der Waals surface area contributed by atoms with E-state index in [1.165, 1.54) is 21.2 Å². The molecule has 158 valence electrons. The normalized spacial score (nSPS) is 11.5. The maximum Gasteiger partial charge on any atom is 0.340 e. The van der Waals surface area contributed by atoms with Gasteiger partial charge in [-0.05, 0) is 91.9 Å². The van der Waals surface area contributed by atoms with Crippen LogP contribution in [0, 0.1) is 0 Å². The predicted octanol–water partition coefficient (Wildman–Crippen LogP) is 7.39. The van der Waals surface area contributed by atoms with Crippen LogP contribution in [0.5, 0.6) is 0 Å². The molecule has 0 unspecified atom stereocenters. The van der Waals surface area contributed by atoms with Gasteiger partial charge >= 0.3 is 5.97 Å². The lowest BCUT2D eigenvalue weighted by Gasteiger charge is -2.21. The molecule has 0 amide bonds. The topological polar surface area (TPSA) is 38.3 Å². The number of esters is 1. The van der Waals surface area contributed by atoms with E-state index in [0.29, 0.717) is 5.56 Å². The molecule has 3 nitrogen and oxygen atoms in total. The minimum absolute atomic E-state index is 0.318. The molecule has 4 aromatic rings. The summed E-state index contributed by atoms with van der Waals surface area (Å²) in [5.41, 5.74) is 4.20. The first-order valence-electron chi connectivity index (χ1n) is 10.5. The summed E-state index contributed by atoms with van der Waals surface area (Å²) < 4.78 is 6.90. The maximum absolute atomic E-state index is 12.9. The van der Waals surface area contributed by atoms with E-state index in [9.17, 15) is 4.79 Å². The summed E-state index contributed by atoms with van der Waals surface area (Å²) in [6, 6.07) is 24.8. The van der Waals surface area contributed by atoms with Crippen molar-refractivity contribution in [2.75, 3.05) is 5.32 Å². The van der Waals surface area contributed by atoms with Gasteiger partial charge in [-0.15, -0.1) is 11.3 Å². The minimum atomic E-state index is -0.546. The van der Waals surface area contributed by atoms with E-state index in [0.717, 1.165) is 24.2 Å². The second kappa shape index (κ2) is 8.94. The number of thiophene rings is 1. The molecule has 1 aromatic heterocycles. The molecule has 4 rings (SSSR count). The SMILES string of the molecule is CC(C)(C)OC(=O)c1ccc(CCc2ccccc2)cc1Nc1ccc2sccc2c1. The third-order valence-electron chi connectivity index (χ3n) is 4.98. The second-order valence-corrected chi connectivity index (χ2v) is 9.61. The van der Waals surface area contributed by atoms with Gasteiger partial charge in [0.05, 0.1) is 11.3 Å². The van der Waals surface area contributed by atoms with Crippen LogP contribution in [0.1, 0.15) is 42.3 Å². The molecular formula is C27H27NO2S. The number of carbonyl (C=O) groups is 1. The molecule has 4 heteroatoms. The molecule has 0 bridgehead atoms. The van der Waals surface area contributed by atoms with Crippen LogP contribution in [0.15, 0.2) is 78.2 Å². The Morgan fingerprint density at radius 2 is 1.68 bits per heavy atom. The summed E-state index contributed by atoms with van der Waals surface area (Å²) in [6.45, 7) is 5.66. The van der Waals surface area contributed by atoms with Gasteiger partial charge in [-0.25, -0.2) is 4.79 Å². The molecule has 0 saturated carbocycles. The summed E-state index contributed by atoms with van der Waals surface area (Å²) in [5, 5.41) is 6.74. The summed E-state index contributed by atoms with van der Waals surface area (Å²) in [5.74, 6) is -0.318. The summed E-state index contributed by atoms with van der Waals surface area (Å²) >= 11 is 1.72. The fourth-order valence-corrected chi connectivity index (χ4v) is 4.27. The van der Waals surface area contributed by atoms with E-state index in [1.54, 1.807) is 11.3 Å². The Morgan fingerprint density at radius 3 is 2.45 bits per heavy atom. The van der Waals surface area contributed by atoms with E-state index in [2.05, 4.69) is 59.2 Å². The molecular weight excluding hydrogens is 402 g/mol. The van der Waals surface area contributed by atoms with Gasteiger partial charge in [0.1, 0.15) is 5.60 Å². The Labute approximate surface area is 187 Å². The largest absolute Gasteiger partial charge is 0.456 e. The Balaban J connectivity index is 1.62. The Kier molecular flexibility index (Phi) is 6.10. The van der Waals surface area contributed by atoms with E-state index < -0.39 is 5.60 Å². The lowest BCUT2D eigenvalue weighted by Crippen LogP contribution is -2.24. The second-order valence-electron chi connectivity index (χ2n) is 8.67. The van der Waals surface area contributed by atoms with Gasteiger partial charge in [-0.1, -0.05) is 36.4 Å². The number of aryl methyl sites for hydroxylation is 2. The number of anilines is 2. The third kappa shape index (κ3) is 5.53. The average molecular weight is 430 g/mol. The number of hydrogen-bond donors (Lipinski definition) is 1. The number of benzene rings is 3. The van der Waals surface area contributed by atoms with E-state index in [4.69, 9.17) is 4.74 Å². The monoisotopic (exact) mass is 429 g/mol. The molecule has 1 heterocycles. The highest BCUT2D eigenvalue weighted by atomic mass is 32.1. The number of nitrogens with one attached hydrogen (secondary N) is 1. The van der Waals surface area contributed by atoms with Crippen molar-refractivity contribution in [2.24, 2.45) is 0 Å². The number of ether oxygens (including phenoxy) is 1. The van der Waals surface area contributed by atoms with Gasteiger partial charge in [0.2, 0.25) is 0 Å². The Morgan fingerprint density at radius 1 is 0.903 bits per heavy atom. The van der Waals surface area contributed by atoms with Crippen molar-refractivity contribution in [2.45, 2.75) is 39.2 Å². The van der Waals surface area contributed by atoms with Crippen LogP contribution in [0.25, 0.3) is 10.1 Å². The van der Waals surface area contributed by atoms with Crippen molar-refractivity contribution < 1.29 is 9.53 Å². The standard InChI is InChI=1S/C27H27NO2S/c1-27(2,3)30-26(29)23-13-11-20(10-9-19-7-5-4-6-8-19)17-24(23)28-22-12-14-25-21(18-22)15-16-31-25/h4-8,11-18,28H,9-10H2,1-3H3. The zero-order valence-electron chi connectivity index (χ0n) is 18.1. The zero-order chi connectivity index (χ0) is 21.8. The van der Waals surface area contributed by atoms with Gasteiger partial charge in [-0.3, -0.25) is 0 Å². The molecule has 0 saturated heterocycles. The third-order valence-corrected chi connectivity index (χ3v) is 5.88. The van der Waals surface area contributed by atoms with Crippen LogP contribution < -0.4 is 5.32 Å². The van der Waals surface area contributed by atoms with Crippen molar-refractivity contribution in [3.8, 4) is 0 Å². The van der Waals surface area contributed by atoms with E-state index in [-0.39, 0.29) is 5.97 Å². The van der Waals surface area contributed by atoms with Crippen LogP contribution >= 0.6 is 11.3 Å². The van der Waals surface area contributed by atoms with Crippen LogP contribution in [-0.4, -0.2) is 11.6 Å². The quantitative estimate of drug-likeness (QED) is 0.325. The Hall–Kier alpha value is -3.11. The lowest BCUT2D eigenvalue weighted by atomic mass is 10.0. The molecule has 1 N–H and O–H groups in total. The number of rotatable bonds is 6. The lowest BCUT2D eigenvalue weighted by molar-refractivity contribution is 0.00707. The average Bonchev–Trinajstić information content (AvgIpc) is 3.20. The summed E-state index contributed by atoms with van der Waals surface area (Å²) in [7, 11) is 0. The molecule has 0 aliphatic rings. The minimum Gasteiger partial charge on any atom is -0.456 e. The van der Waals surface area contributed by atoms with Gasteiger partial charge in [0.15, 0.2) is 0 Å². The molecule has 0 atom stereocenters. The van der Waals surface area contributed by atoms with Crippen molar-refractivity contribution in [3.05, 3.63) is 94.9 Å². The van der Waals surface area contributed by atoms with Crippen LogP contribution in [0.2, 0.25) is 0 Å². The smallest absolute Gasteiger partial charge is 0.340 e. The predicted molar refractivity (Wildman–Crippen MR) is 131 cm³/mol. The molecule has 0 radical (unpaired) electrons. The number of fused-ring (bicyclic) bond motifs is 1. The molecule has 31 heavy (non-hydrogen) atoms. The van der Waals surface area contributed by atoms with Gasteiger partial charge < -0.3 is 10.1 Å². The highest BCUT2D eigenvalue weighted by Crippen LogP contribution is 2.29. The molecule has 0 spiro atoms. The van der Waals surface area contributed by atoms with Gasteiger partial charge in [-0.2, -0.15) is 0 Å². The van der Waals surface area contributed by atoms with E-state index >= 15 is 0 Å². The zero-order valence-corrected chi connectivity index (χ0v) is 19.0. The summed E-state index contributed by atoms with van der Waals surface area (Å²) in [6.07, 6.45) is 1.85. The van der Waals surface area contributed by atoms with Crippen molar-refractivity contribution in [3.63, 3.8) is 0 Å². The molecule has 0 aliphatic heterocycles. The number of hydrogen-bond acceptors (Lipinski definition) is 4. The first-order chi connectivity index (χ1) is 14.9. The van der Waals surface area contributed by atoms with Crippen molar-refractivity contribution in [1.29, 1.82) is 0 Å². The first kappa shape index (κ1) is 21.1. The summed E-state index contributed by atoms with van der Waals surface area (Å²) in [4.78, 5) is 12.9. The molecule has 0 fully saturated rings. The van der Waals surface area contributed by atoms with Crippen LogP contribution in [0.3, 0.4) is 0 Å². The highest BCUT2D eigenvalue weighted by Gasteiger charge is 2.21. The molecule has 3 aromatic carbocycles. The highest BCUT2D eigenvalue weighted by molar-refractivity contribution is 7.17. The number of carbonyl (C=O) groups excluding carboxylic acids is 1. The van der Waals surface area contributed by atoms with E-state index in [1.807, 2.05) is 45.0 Å².